The van der Waals surface area contributed by atoms with Crippen molar-refractivity contribution in [3.8, 4) is 0 Å². The van der Waals surface area contributed by atoms with E-state index >= 15 is 0 Å². The summed E-state index contributed by atoms with van der Waals surface area (Å²) in [5.41, 5.74) is 1.04. The molecule has 1 aliphatic carbocycles. The molecule has 0 saturated carbocycles. The van der Waals surface area contributed by atoms with Crippen LogP contribution in [0.15, 0.2) is 36.4 Å². The van der Waals surface area contributed by atoms with E-state index in [4.69, 9.17) is 4.74 Å². The molecule has 122 valence electrons. The molecule has 0 aromatic heterocycles. The first kappa shape index (κ1) is 16.7. The van der Waals surface area contributed by atoms with E-state index in [0.29, 0.717) is 17.7 Å². The topological polar surface area (TPSA) is 84.5 Å². The zero-order valence-corrected chi connectivity index (χ0v) is 13.0. The first-order chi connectivity index (χ1) is 11.1. The van der Waals surface area contributed by atoms with Gasteiger partial charge in [0.2, 0.25) is 0 Å². The number of nitrogens with one attached hydrogen (secondary N) is 2. The Morgan fingerprint density at radius 3 is 2.57 bits per heavy atom. The lowest BCUT2D eigenvalue weighted by atomic mass is 10.1. The number of benzene rings is 1. The highest BCUT2D eigenvalue weighted by Crippen LogP contribution is 2.20. The van der Waals surface area contributed by atoms with Crippen LogP contribution in [0.25, 0.3) is 0 Å². The molecule has 0 bridgehead atoms. The van der Waals surface area contributed by atoms with Gasteiger partial charge in [-0.1, -0.05) is 12.2 Å². The maximum absolute atomic E-state index is 11.7. The molecule has 0 fully saturated rings. The molecule has 1 aromatic rings. The Morgan fingerprint density at radius 2 is 1.96 bits per heavy atom. The molecule has 1 atom stereocenters. The van der Waals surface area contributed by atoms with Gasteiger partial charge in [-0.2, -0.15) is 0 Å². The molecule has 1 aliphatic rings. The van der Waals surface area contributed by atoms with Crippen molar-refractivity contribution in [3.63, 3.8) is 0 Å². The molecule has 6 heteroatoms. The molecule has 0 saturated heterocycles. The minimum absolute atomic E-state index is 0.197. The SMILES string of the molecule is CNC(=O)c1ccc(NC(=O)COC(=O)C[C@@H]2C=CCC2)cc1. The summed E-state index contributed by atoms with van der Waals surface area (Å²) in [5, 5.41) is 5.13. The quantitative estimate of drug-likeness (QED) is 0.620. The fourth-order valence-electron chi connectivity index (χ4n) is 2.33. The van der Waals surface area contributed by atoms with Crippen LogP contribution in [0.4, 0.5) is 5.69 Å². The van der Waals surface area contributed by atoms with Gasteiger partial charge in [0.15, 0.2) is 6.61 Å². The third-order valence-electron chi connectivity index (χ3n) is 3.56. The molecule has 6 nitrogen and oxygen atoms in total. The summed E-state index contributed by atoms with van der Waals surface area (Å²) in [6.07, 6.45) is 6.32. The molecular weight excluding hydrogens is 296 g/mol. The van der Waals surface area contributed by atoms with E-state index in [9.17, 15) is 14.4 Å². The van der Waals surface area contributed by atoms with Crippen LogP contribution in [0.5, 0.6) is 0 Å². The average molecular weight is 316 g/mol. The standard InChI is InChI=1S/C17H20N2O4/c1-18-17(22)13-6-8-14(9-7-13)19-15(20)11-23-16(21)10-12-4-2-3-5-12/h2,4,6-9,12H,3,5,10-11H2,1H3,(H,18,22)(H,19,20)/t12-/m1/s1. The highest BCUT2D eigenvalue weighted by molar-refractivity contribution is 5.96. The van der Waals surface area contributed by atoms with E-state index in [-0.39, 0.29) is 24.4 Å². The van der Waals surface area contributed by atoms with E-state index in [2.05, 4.69) is 10.6 Å². The Labute approximate surface area is 134 Å². The van der Waals surface area contributed by atoms with Gasteiger partial charge in [-0.25, -0.2) is 0 Å². The number of ether oxygens (including phenoxy) is 1. The molecule has 0 aliphatic heterocycles. The molecule has 2 rings (SSSR count). The van der Waals surface area contributed by atoms with Crippen molar-refractivity contribution in [2.24, 2.45) is 5.92 Å². The van der Waals surface area contributed by atoms with Crippen molar-refractivity contribution >= 4 is 23.5 Å². The predicted octanol–water partition coefficient (Wildman–Crippen LogP) is 1.88. The number of anilines is 1. The maximum atomic E-state index is 11.7. The van der Waals surface area contributed by atoms with Crippen molar-refractivity contribution in [1.82, 2.24) is 5.32 Å². The van der Waals surface area contributed by atoms with Crippen molar-refractivity contribution in [2.45, 2.75) is 19.3 Å². The fraction of sp³-hybridized carbons (Fsp3) is 0.353. The molecule has 0 spiro atoms. The number of carbonyl (C=O) groups excluding carboxylic acids is 3. The zero-order chi connectivity index (χ0) is 16.7. The monoisotopic (exact) mass is 316 g/mol. The zero-order valence-electron chi connectivity index (χ0n) is 13.0. The largest absolute Gasteiger partial charge is 0.456 e. The van der Waals surface area contributed by atoms with Crippen molar-refractivity contribution in [3.05, 3.63) is 42.0 Å². The average Bonchev–Trinajstić information content (AvgIpc) is 3.06. The van der Waals surface area contributed by atoms with Gasteiger partial charge >= 0.3 is 5.97 Å². The van der Waals surface area contributed by atoms with Gasteiger partial charge in [0.1, 0.15) is 0 Å². The van der Waals surface area contributed by atoms with Gasteiger partial charge < -0.3 is 15.4 Å². The summed E-state index contributed by atoms with van der Waals surface area (Å²) in [5.74, 6) is -0.750. The molecule has 1 aromatic carbocycles. The van der Waals surface area contributed by atoms with E-state index < -0.39 is 5.91 Å². The van der Waals surface area contributed by atoms with E-state index in [1.807, 2.05) is 12.2 Å². The van der Waals surface area contributed by atoms with Crippen LogP contribution in [0, 0.1) is 5.92 Å². The van der Waals surface area contributed by atoms with Crippen LogP contribution in [0.3, 0.4) is 0 Å². The van der Waals surface area contributed by atoms with E-state index in [1.165, 1.54) is 0 Å². The van der Waals surface area contributed by atoms with Crippen molar-refractivity contribution in [2.75, 3.05) is 19.0 Å². The van der Waals surface area contributed by atoms with Gasteiger partial charge in [0.05, 0.1) is 6.42 Å². The first-order valence-corrected chi connectivity index (χ1v) is 7.53. The second-order valence-electron chi connectivity index (χ2n) is 5.34. The lowest BCUT2D eigenvalue weighted by Gasteiger charge is -2.09. The number of amides is 2. The summed E-state index contributed by atoms with van der Waals surface area (Å²) in [7, 11) is 1.55. The predicted molar refractivity (Wildman–Crippen MR) is 85.9 cm³/mol. The van der Waals surface area contributed by atoms with Crippen LogP contribution in [0.1, 0.15) is 29.6 Å². The summed E-state index contributed by atoms with van der Waals surface area (Å²) in [6.45, 7) is -0.313. The molecule has 2 N–H and O–H groups in total. The second kappa shape index (κ2) is 8.12. The second-order valence-corrected chi connectivity index (χ2v) is 5.34. The van der Waals surface area contributed by atoms with E-state index in [1.54, 1.807) is 31.3 Å². The van der Waals surface area contributed by atoms with Crippen molar-refractivity contribution in [1.29, 1.82) is 0 Å². The third-order valence-corrected chi connectivity index (χ3v) is 3.56. The van der Waals surface area contributed by atoms with Gasteiger partial charge in [0.25, 0.3) is 11.8 Å². The number of allylic oxidation sites excluding steroid dienone is 2. The number of hydrogen-bond donors (Lipinski definition) is 2. The third kappa shape index (κ3) is 5.25. The molecule has 0 heterocycles. The molecular formula is C17H20N2O4. The Bertz CT molecular complexity index is 608. The minimum atomic E-state index is -0.409. The molecule has 0 radical (unpaired) electrons. The Balaban J connectivity index is 1.74. The van der Waals surface area contributed by atoms with Crippen LogP contribution in [-0.2, 0) is 14.3 Å². The van der Waals surface area contributed by atoms with Crippen LogP contribution in [-0.4, -0.2) is 31.4 Å². The number of carbonyl (C=O) groups is 3. The smallest absolute Gasteiger partial charge is 0.306 e. The van der Waals surface area contributed by atoms with Crippen molar-refractivity contribution < 1.29 is 19.1 Å². The fourth-order valence-corrected chi connectivity index (χ4v) is 2.33. The van der Waals surface area contributed by atoms with Gasteiger partial charge in [-0.15, -0.1) is 0 Å². The normalized spacial score (nSPS) is 16.0. The van der Waals surface area contributed by atoms with Crippen LogP contribution in [0.2, 0.25) is 0 Å². The maximum Gasteiger partial charge on any atom is 0.306 e. The van der Waals surface area contributed by atoms with Gasteiger partial charge in [-0.05, 0) is 43.0 Å². The number of esters is 1. The Morgan fingerprint density at radius 1 is 1.22 bits per heavy atom. The highest BCUT2D eigenvalue weighted by Gasteiger charge is 2.16. The first-order valence-electron chi connectivity index (χ1n) is 7.53. The summed E-state index contributed by atoms with van der Waals surface area (Å²) in [4.78, 5) is 34.8. The Hall–Kier alpha value is -2.63. The highest BCUT2D eigenvalue weighted by atomic mass is 16.5. The van der Waals surface area contributed by atoms with Crippen LogP contribution >= 0.6 is 0 Å². The molecule has 0 unspecified atom stereocenters. The lowest BCUT2D eigenvalue weighted by molar-refractivity contribution is -0.147. The van der Waals surface area contributed by atoms with Crippen LogP contribution < -0.4 is 10.6 Å². The molecule has 23 heavy (non-hydrogen) atoms. The van der Waals surface area contributed by atoms with E-state index in [0.717, 1.165) is 12.8 Å². The van der Waals surface area contributed by atoms with Gasteiger partial charge in [0, 0.05) is 18.3 Å². The summed E-state index contributed by atoms with van der Waals surface area (Å²) >= 11 is 0. The lowest BCUT2D eigenvalue weighted by Crippen LogP contribution is -2.22. The number of rotatable bonds is 6. The Kier molecular flexibility index (Phi) is 5.91. The van der Waals surface area contributed by atoms with Gasteiger partial charge in [-0.3, -0.25) is 14.4 Å². The minimum Gasteiger partial charge on any atom is -0.456 e. The molecule has 2 amide bonds. The summed E-state index contributed by atoms with van der Waals surface area (Å²) in [6, 6.07) is 6.45. The summed E-state index contributed by atoms with van der Waals surface area (Å²) < 4.78 is 4.97. The number of hydrogen-bond acceptors (Lipinski definition) is 4.